The third kappa shape index (κ3) is 5.65. The van der Waals surface area contributed by atoms with Crippen LogP contribution in [0.3, 0.4) is 0 Å². The molecule has 3 aromatic rings. The molecule has 0 bridgehead atoms. The number of hydrogen-bond donors (Lipinski definition) is 0. The average molecular weight is 449 g/mol. The SMILES string of the molecule is CCOc1cc(/C=C(/C#N)c2cccc([N+](=O)[O-])c2)cc(Cl)c1OCc1cccc(C)c1. The molecule has 0 spiro atoms. The summed E-state index contributed by atoms with van der Waals surface area (Å²) in [4.78, 5) is 10.6. The molecule has 0 amide bonds. The normalized spacial score (nSPS) is 11.0. The standard InChI is InChI=1S/C25H21ClN2O4/c1-3-31-24-13-19(11-21(15-27)20-8-5-9-22(14-20)28(29)30)12-23(26)25(24)32-16-18-7-4-6-17(2)10-18/h4-14H,3,16H2,1-2H3/b21-11-. The number of benzene rings is 3. The molecule has 0 saturated carbocycles. The molecule has 0 radical (unpaired) electrons. The Hall–Kier alpha value is -3.82. The average Bonchev–Trinajstić information content (AvgIpc) is 2.77. The highest BCUT2D eigenvalue weighted by Gasteiger charge is 2.14. The van der Waals surface area contributed by atoms with Gasteiger partial charge in [0.25, 0.3) is 5.69 Å². The third-order valence-corrected chi connectivity index (χ3v) is 4.88. The molecule has 0 aliphatic rings. The Morgan fingerprint density at radius 1 is 1.16 bits per heavy atom. The van der Waals surface area contributed by atoms with E-state index < -0.39 is 4.92 Å². The van der Waals surface area contributed by atoms with Crippen LogP contribution in [0.1, 0.15) is 29.2 Å². The summed E-state index contributed by atoms with van der Waals surface area (Å²) in [6, 6.07) is 19.4. The van der Waals surface area contributed by atoms with Crippen LogP contribution < -0.4 is 9.47 Å². The van der Waals surface area contributed by atoms with E-state index in [2.05, 4.69) is 6.07 Å². The molecule has 0 atom stereocenters. The summed E-state index contributed by atoms with van der Waals surface area (Å²) in [6.07, 6.45) is 1.61. The third-order valence-electron chi connectivity index (χ3n) is 4.60. The van der Waals surface area contributed by atoms with E-state index in [1.165, 1.54) is 12.1 Å². The van der Waals surface area contributed by atoms with Gasteiger partial charge in [0.1, 0.15) is 6.61 Å². The smallest absolute Gasteiger partial charge is 0.270 e. The predicted octanol–water partition coefficient (Wildman–Crippen LogP) is 6.60. The van der Waals surface area contributed by atoms with Crippen LogP contribution in [0.25, 0.3) is 11.6 Å². The summed E-state index contributed by atoms with van der Waals surface area (Å²) in [5.41, 5.74) is 3.37. The largest absolute Gasteiger partial charge is 0.490 e. The summed E-state index contributed by atoms with van der Waals surface area (Å²) in [5.74, 6) is 0.872. The molecule has 0 saturated heterocycles. The van der Waals surface area contributed by atoms with Crippen LogP contribution in [-0.4, -0.2) is 11.5 Å². The van der Waals surface area contributed by atoms with Gasteiger partial charge in [-0.2, -0.15) is 5.26 Å². The lowest BCUT2D eigenvalue weighted by atomic mass is 10.0. The second-order valence-corrected chi connectivity index (χ2v) is 7.43. The molecule has 162 valence electrons. The first-order chi connectivity index (χ1) is 15.4. The number of rotatable bonds is 8. The highest BCUT2D eigenvalue weighted by atomic mass is 35.5. The zero-order chi connectivity index (χ0) is 23.1. The van der Waals surface area contributed by atoms with Crippen molar-refractivity contribution < 1.29 is 14.4 Å². The molecule has 3 aromatic carbocycles. The second kappa shape index (κ2) is 10.5. The zero-order valence-electron chi connectivity index (χ0n) is 17.7. The molecule has 0 aliphatic heterocycles. The lowest BCUT2D eigenvalue weighted by Crippen LogP contribution is -2.01. The minimum Gasteiger partial charge on any atom is -0.490 e. The number of allylic oxidation sites excluding steroid dienone is 1. The number of nitriles is 1. The van der Waals surface area contributed by atoms with E-state index in [0.717, 1.165) is 11.1 Å². The highest BCUT2D eigenvalue weighted by Crippen LogP contribution is 2.38. The van der Waals surface area contributed by atoms with Crippen LogP contribution in [0.2, 0.25) is 5.02 Å². The lowest BCUT2D eigenvalue weighted by Gasteiger charge is -2.15. The quantitative estimate of drug-likeness (QED) is 0.168. The molecule has 0 fully saturated rings. The van der Waals surface area contributed by atoms with Crippen LogP contribution in [-0.2, 0) is 6.61 Å². The van der Waals surface area contributed by atoms with Gasteiger partial charge in [0.15, 0.2) is 11.5 Å². The molecule has 7 heteroatoms. The van der Waals surface area contributed by atoms with Gasteiger partial charge in [0.05, 0.1) is 28.2 Å². The van der Waals surface area contributed by atoms with Crippen molar-refractivity contribution in [3.05, 3.63) is 98.1 Å². The molecule has 0 aliphatic carbocycles. The summed E-state index contributed by atoms with van der Waals surface area (Å²) in [7, 11) is 0. The number of nitrogens with zero attached hydrogens (tertiary/aromatic N) is 2. The van der Waals surface area contributed by atoms with Crippen molar-refractivity contribution in [2.75, 3.05) is 6.61 Å². The molecule has 32 heavy (non-hydrogen) atoms. The summed E-state index contributed by atoms with van der Waals surface area (Å²) in [5, 5.41) is 21.0. The molecule has 0 N–H and O–H groups in total. The van der Waals surface area contributed by atoms with Crippen LogP contribution in [0, 0.1) is 28.4 Å². The van der Waals surface area contributed by atoms with Crippen molar-refractivity contribution in [3.8, 4) is 17.6 Å². The second-order valence-electron chi connectivity index (χ2n) is 7.02. The van der Waals surface area contributed by atoms with Gasteiger partial charge < -0.3 is 9.47 Å². The van der Waals surface area contributed by atoms with Gasteiger partial charge >= 0.3 is 0 Å². The topological polar surface area (TPSA) is 85.4 Å². The fourth-order valence-electron chi connectivity index (χ4n) is 3.17. The highest BCUT2D eigenvalue weighted by molar-refractivity contribution is 6.32. The Labute approximate surface area is 191 Å². The predicted molar refractivity (Wildman–Crippen MR) is 125 cm³/mol. The van der Waals surface area contributed by atoms with Gasteiger partial charge in [-0.1, -0.05) is 53.6 Å². The fraction of sp³-hybridized carbons (Fsp3) is 0.160. The number of hydrogen-bond acceptors (Lipinski definition) is 5. The van der Waals surface area contributed by atoms with E-state index in [-0.39, 0.29) is 11.3 Å². The van der Waals surface area contributed by atoms with Crippen LogP contribution >= 0.6 is 11.6 Å². The van der Waals surface area contributed by atoms with Gasteiger partial charge in [-0.05, 0) is 48.7 Å². The number of aryl methyl sites for hydroxylation is 1. The Morgan fingerprint density at radius 2 is 1.94 bits per heavy atom. The first-order valence-electron chi connectivity index (χ1n) is 9.92. The Kier molecular flexibility index (Phi) is 7.48. The van der Waals surface area contributed by atoms with Crippen molar-refractivity contribution in [2.24, 2.45) is 0 Å². The minimum absolute atomic E-state index is 0.0865. The molecule has 6 nitrogen and oxygen atoms in total. The Balaban J connectivity index is 1.94. The lowest BCUT2D eigenvalue weighted by molar-refractivity contribution is -0.384. The summed E-state index contributed by atoms with van der Waals surface area (Å²) < 4.78 is 11.7. The number of nitro benzene ring substituents is 1. The van der Waals surface area contributed by atoms with Gasteiger partial charge in [-0.25, -0.2) is 0 Å². The fourth-order valence-corrected chi connectivity index (χ4v) is 3.44. The van der Waals surface area contributed by atoms with E-state index >= 15 is 0 Å². The Bertz CT molecular complexity index is 1210. The number of nitro groups is 1. The maximum atomic E-state index is 11.1. The van der Waals surface area contributed by atoms with E-state index in [4.69, 9.17) is 21.1 Å². The van der Waals surface area contributed by atoms with E-state index in [0.29, 0.717) is 40.9 Å². The van der Waals surface area contributed by atoms with Gasteiger partial charge in [0.2, 0.25) is 0 Å². The molecular weight excluding hydrogens is 428 g/mol. The molecule has 0 unspecified atom stereocenters. The van der Waals surface area contributed by atoms with Crippen LogP contribution in [0.5, 0.6) is 11.5 Å². The maximum Gasteiger partial charge on any atom is 0.270 e. The minimum atomic E-state index is -0.497. The van der Waals surface area contributed by atoms with E-state index in [1.807, 2.05) is 38.1 Å². The first kappa shape index (κ1) is 22.9. The number of halogens is 1. The number of ether oxygens (including phenoxy) is 2. The van der Waals surface area contributed by atoms with E-state index in [1.54, 1.807) is 30.3 Å². The first-order valence-corrected chi connectivity index (χ1v) is 10.3. The summed E-state index contributed by atoms with van der Waals surface area (Å²) >= 11 is 6.50. The van der Waals surface area contributed by atoms with E-state index in [9.17, 15) is 15.4 Å². The zero-order valence-corrected chi connectivity index (χ0v) is 18.4. The van der Waals surface area contributed by atoms with Gasteiger partial charge in [-0.15, -0.1) is 0 Å². The molecular formula is C25H21ClN2O4. The molecule has 0 heterocycles. The Morgan fingerprint density at radius 3 is 2.62 bits per heavy atom. The monoisotopic (exact) mass is 448 g/mol. The van der Waals surface area contributed by atoms with Crippen molar-refractivity contribution in [2.45, 2.75) is 20.5 Å². The van der Waals surface area contributed by atoms with Crippen LogP contribution in [0.15, 0.2) is 60.7 Å². The summed E-state index contributed by atoms with van der Waals surface area (Å²) in [6.45, 7) is 4.59. The van der Waals surface area contributed by atoms with Crippen molar-refractivity contribution in [1.82, 2.24) is 0 Å². The maximum absolute atomic E-state index is 11.1. The van der Waals surface area contributed by atoms with Crippen molar-refractivity contribution in [3.63, 3.8) is 0 Å². The number of non-ortho nitro benzene ring substituents is 1. The van der Waals surface area contributed by atoms with Crippen molar-refractivity contribution >= 4 is 28.9 Å². The molecule has 3 rings (SSSR count). The molecule has 0 aromatic heterocycles. The van der Waals surface area contributed by atoms with Gasteiger partial charge in [0, 0.05) is 12.1 Å². The van der Waals surface area contributed by atoms with Crippen LogP contribution in [0.4, 0.5) is 5.69 Å². The van der Waals surface area contributed by atoms with Crippen molar-refractivity contribution in [1.29, 1.82) is 5.26 Å². The van der Waals surface area contributed by atoms with Gasteiger partial charge in [-0.3, -0.25) is 10.1 Å².